The second-order valence-corrected chi connectivity index (χ2v) is 3.61. The van der Waals surface area contributed by atoms with Gasteiger partial charge in [0, 0.05) is 4.47 Å². The lowest BCUT2D eigenvalue weighted by molar-refractivity contribution is -0.142. The highest BCUT2D eigenvalue weighted by molar-refractivity contribution is 9.10. The Morgan fingerprint density at radius 3 is 2.86 bits per heavy atom. The quantitative estimate of drug-likeness (QED) is 0.847. The first-order chi connectivity index (χ1) is 6.63. The molecule has 0 fully saturated rings. The van der Waals surface area contributed by atoms with E-state index in [1.54, 1.807) is 25.1 Å². The predicted octanol–water partition coefficient (Wildman–Crippen LogP) is 2.26. The van der Waals surface area contributed by atoms with Crippen molar-refractivity contribution in [3.8, 4) is 5.75 Å². The molecule has 76 valence electrons. The van der Waals surface area contributed by atoms with Crippen LogP contribution in [0.4, 0.5) is 0 Å². The van der Waals surface area contributed by atoms with Crippen molar-refractivity contribution in [3.63, 3.8) is 0 Å². The maximum Gasteiger partial charge on any atom is 0.310 e. The van der Waals surface area contributed by atoms with Crippen LogP contribution in [-0.4, -0.2) is 17.7 Å². The molecule has 3 nitrogen and oxygen atoms in total. The van der Waals surface area contributed by atoms with Crippen molar-refractivity contribution in [2.24, 2.45) is 0 Å². The molecule has 1 aromatic carbocycles. The Morgan fingerprint density at radius 1 is 1.57 bits per heavy atom. The zero-order valence-electron chi connectivity index (χ0n) is 7.79. The fourth-order valence-electron chi connectivity index (χ4n) is 1.05. The molecule has 1 rings (SSSR count). The van der Waals surface area contributed by atoms with Crippen molar-refractivity contribution in [1.29, 1.82) is 0 Å². The van der Waals surface area contributed by atoms with E-state index in [2.05, 4.69) is 15.9 Å². The molecule has 14 heavy (non-hydrogen) atoms. The molecule has 0 bridgehead atoms. The van der Waals surface area contributed by atoms with Crippen molar-refractivity contribution in [3.05, 3.63) is 28.2 Å². The molecule has 0 saturated heterocycles. The summed E-state index contributed by atoms with van der Waals surface area (Å²) in [4.78, 5) is 11.1. The van der Waals surface area contributed by atoms with E-state index in [-0.39, 0.29) is 18.1 Å². The molecule has 1 aromatic rings. The molecule has 0 atom stereocenters. The third-order valence-corrected chi connectivity index (χ3v) is 2.41. The zero-order chi connectivity index (χ0) is 10.6. The lowest BCUT2D eigenvalue weighted by atomic mass is 10.1. The largest absolute Gasteiger partial charge is 0.508 e. The lowest BCUT2D eigenvalue weighted by Crippen LogP contribution is -2.07. The number of esters is 1. The van der Waals surface area contributed by atoms with Crippen LogP contribution in [0.25, 0.3) is 0 Å². The van der Waals surface area contributed by atoms with Gasteiger partial charge in [-0.05, 0) is 24.6 Å². The van der Waals surface area contributed by atoms with Gasteiger partial charge >= 0.3 is 5.97 Å². The minimum Gasteiger partial charge on any atom is -0.508 e. The number of halogens is 1. The number of aromatic hydroxyl groups is 1. The smallest absolute Gasteiger partial charge is 0.310 e. The average molecular weight is 259 g/mol. The second-order valence-electron chi connectivity index (χ2n) is 2.76. The third kappa shape index (κ3) is 3.03. The van der Waals surface area contributed by atoms with Gasteiger partial charge in [0.2, 0.25) is 0 Å². The first-order valence-electron chi connectivity index (χ1n) is 4.26. The highest BCUT2D eigenvalue weighted by Gasteiger charge is 2.07. The van der Waals surface area contributed by atoms with E-state index in [1.165, 1.54) is 0 Å². The highest BCUT2D eigenvalue weighted by atomic mass is 79.9. The summed E-state index contributed by atoms with van der Waals surface area (Å²) in [5.41, 5.74) is 0.807. The fraction of sp³-hybridized carbons (Fsp3) is 0.300. The highest BCUT2D eigenvalue weighted by Crippen LogP contribution is 2.22. The monoisotopic (exact) mass is 258 g/mol. The van der Waals surface area contributed by atoms with Crippen LogP contribution in [-0.2, 0) is 16.0 Å². The molecular formula is C10H11BrO3. The van der Waals surface area contributed by atoms with Crippen LogP contribution in [0, 0.1) is 0 Å². The minimum absolute atomic E-state index is 0.171. The van der Waals surface area contributed by atoms with E-state index < -0.39 is 0 Å². The van der Waals surface area contributed by atoms with Gasteiger partial charge in [0.15, 0.2) is 0 Å². The van der Waals surface area contributed by atoms with Crippen molar-refractivity contribution in [2.45, 2.75) is 13.3 Å². The summed E-state index contributed by atoms with van der Waals surface area (Å²) in [6, 6.07) is 4.78. The first kappa shape index (κ1) is 11.0. The lowest BCUT2D eigenvalue weighted by Gasteiger charge is -2.04. The first-order valence-corrected chi connectivity index (χ1v) is 5.05. The number of phenols is 1. The number of ether oxygens (including phenoxy) is 1. The molecule has 0 aliphatic heterocycles. The topological polar surface area (TPSA) is 46.5 Å². The van der Waals surface area contributed by atoms with Gasteiger partial charge < -0.3 is 9.84 Å². The van der Waals surface area contributed by atoms with Gasteiger partial charge in [-0.1, -0.05) is 22.0 Å². The van der Waals surface area contributed by atoms with Crippen molar-refractivity contribution >= 4 is 21.9 Å². The molecule has 0 amide bonds. The zero-order valence-corrected chi connectivity index (χ0v) is 9.37. The van der Waals surface area contributed by atoms with E-state index >= 15 is 0 Å². The Labute approximate surface area is 90.8 Å². The van der Waals surface area contributed by atoms with E-state index in [0.29, 0.717) is 11.1 Å². The molecule has 0 unspecified atom stereocenters. The Balaban J connectivity index is 2.72. The number of hydrogen-bond acceptors (Lipinski definition) is 3. The van der Waals surface area contributed by atoms with Gasteiger partial charge in [-0.3, -0.25) is 4.79 Å². The van der Waals surface area contributed by atoms with Gasteiger partial charge in [-0.15, -0.1) is 0 Å². The van der Waals surface area contributed by atoms with Crippen LogP contribution in [0.3, 0.4) is 0 Å². The number of benzene rings is 1. The average Bonchev–Trinajstić information content (AvgIpc) is 2.10. The number of carbonyl (C=O) groups is 1. The Hall–Kier alpha value is -1.03. The molecule has 0 aliphatic carbocycles. The maximum absolute atomic E-state index is 11.1. The van der Waals surface area contributed by atoms with Crippen molar-refractivity contribution < 1.29 is 14.6 Å². The molecule has 0 heterocycles. The molecule has 0 radical (unpaired) electrons. The van der Waals surface area contributed by atoms with E-state index in [9.17, 15) is 4.79 Å². The molecule has 1 N–H and O–H groups in total. The van der Waals surface area contributed by atoms with Crippen molar-refractivity contribution in [2.75, 3.05) is 6.61 Å². The Kier molecular flexibility index (Phi) is 3.95. The van der Waals surface area contributed by atoms with Crippen LogP contribution >= 0.6 is 15.9 Å². The summed E-state index contributed by atoms with van der Waals surface area (Å²) < 4.78 is 5.52. The summed E-state index contributed by atoms with van der Waals surface area (Å²) in [6.45, 7) is 2.15. The standard InChI is InChI=1S/C10H11BrO3/c1-2-14-10(13)5-7-3-4-8(12)6-9(7)11/h3-4,6,12H,2,5H2,1H3. The summed E-state index contributed by atoms with van der Waals surface area (Å²) in [6.07, 6.45) is 0.217. The van der Waals surface area contributed by atoms with Gasteiger partial charge in [0.05, 0.1) is 13.0 Å². The summed E-state index contributed by atoms with van der Waals surface area (Å²) in [5, 5.41) is 9.13. The van der Waals surface area contributed by atoms with E-state index in [4.69, 9.17) is 9.84 Å². The van der Waals surface area contributed by atoms with Gasteiger partial charge in [0.1, 0.15) is 5.75 Å². The second kappa shape index (κ2) is 5.00. The third-order valence-electron chi connectivity index (χ3n) is 1.68. The van der Waals surface area contributed by atoms with E-state index in [1.807, 2.05) is 0 Å². The van der Waals surface area contributed by atoms with Gasteiger partial charge in [-0.25, -0.2) is 0 Å². The van der Waals surface area contributed by atoms with Crippen molar-refractivity contribution in [1.82, 2.24) is 0 Å². The molecular weight excluding hydrogens is 248 g/mol. The SMILES string of the molecule is CCOC(=O)Cc1ccc(O)cc1Br. The predicted molar refractivity (Wildman–Crippen MR) is 56.1 cm³/mol. The van der Waals surface area contributed by atoms with Gasteiger partial charge in [0.25, 0.3) is 0 Å². The van der Waals surface area contributed by atoms with E-state index in [0.717, 1.165) is 5.56 Å². The molecule has 0 spiro atoms. The van der Waals surface area contributed by atoms with Crippen LogP contribution in [0.1, 0.15) is 12.5 Å². The number of phenolic OH excluding ortho intramolecular Hbond substituents is 1. The maximum atomic E-state index is 11.1. The van der Waals surface area contributed by atoms with Crippen LogP contribution < -0.4 is 0 Å². The molecule has 0 aromatic heterocycles. The molecule has 0 aliphatic rings. The summed E-state index contributed by atoms with van der Waals surface area (Å²) in [5.74, 6) is -0.0941. The van der Waals surface area contributed by atoms with Gasteiger partial charge in [-0.2, -0.15) is 0 Å². The normalized spacial score (nSPS) is 9.86. The Morgan fingerprint density at radius 2 is 2.29 bits per heavy atom. The van der Waals surface area contributed by atoms with Crippen LogP contribution in [0.5, 0.6) is 5.75 Å². The van der Waals surface area contributed by atoms with Crippen LogP contribution in [0.2, 0.25) is 0 Å². The minimum atomic E-state index is -0.265. The molecule has 0 saturated carbocycles. The number of rotatable bonds is 3. The van der Waals surface area contributed by atoms with Crippen LogP contribution in [0.15, 0.2) is 22.7 Å². The number of carbonyl (C=O) groups excluding carboxylic acids is 1. The molecule has 4 heteroatoms. The Bertz CT molecular complexity index is 336. The summed E-state index contributed by atoms with van der Waals surface area (Å²) in [7, 11) is 0. The summed E-state index contributed by atoms with van der Waals surface area (Å²) >= 11 is 3.26. The number of hydrogen-bond donors (Lipinski definition) is 1. The fourth-order valence-corrected chi connectivity index (χ4v) is 1.55.